The van der Waals surface area contributed by atoms with Crippen LogP contribution in [0.4, 0.5) is 16.2 Å². The van der Waals surface area contributed by atoms with Gasteiger partial charge < -0.3 is 20.9 Å². The van der Waals surface area contributed by atoms with Crippen LogP contribution in [-0.4, -0.2) is 54.0 Å². The second-order valence-electron chi connectivity index (χ2n) is 5.72. The van der Waals surface area contributed by atoms with Crippen LogP contribution in [0.2, 0.25) is 0 Å². The van der Waals surface area contributed by atoms with Crippen molar-refractivity contribution in [3.8, 4) is 0 Å². The molecule has 2 aliphatic heterocycles. The lowest BCUT2D eigenvalue weighted by molar-refractivity contribution is -0.132. The summed E-state index contributed by atoms with van der Waals surface area (Å²) in [6.45, 7) is 1.72. The van der Waals surface area contributed by atoms with Crippen molar-refractivity contribution < 1.29 is 9.59 Å². The van der Waals surface area contributed by atoms with E-state index in [4.69, 9.17) is 5.73 Å². The minimum atomic E-state index is -0.381. The Morgan fingerprint density at radius 3 is 2.77 bits per heavy atom. The number of nitrogens with two attached hydrogens (primary N) is 1. The molecule has 118 valence electrons. The third-order valence-electron chi connectivity index (χ3n) is 4.29. The number of nitrogens with zero attached hydrogens (tertiary/aromatic N) is 2. The molecule has 2 amide bonds. The van der Waals surface area contributed by atoms with E-state index in [1.807, 2.05) is 31.3 Å². The lowest BCUT2D eigenvalue weighted by Gasteiger charge is -2.27. The van der Waals surface area contributed by atoms with E-state index < -0.39 is 0 Å². The van der Waals surface area contributed by atoms with Gasteiger partial charge in [-0.25, -0.2) is 0 Å². The molecule has 6 nitrogen and oxygen atoms in total. The van der Waals surface area contributed by atoms with Gasteiger partial charge in [0.05, 0.1) is 6.04 Å². The van der Waals surface area contributed by atoms with Gasteiger partial charge >= 0.3 is 0 Å². The van der Waals surface area contributed by atoms with Gasteiger partial charge in [0.1, 0.15) is 6.04 Å². The van der Waals surface area contributed by atoms with Gasteiger partial charge in [0.15, 0.2) is 0 Å². The van der Waals surface area contributed by atoms with Gasteiger partial charge in [0.25, 0.3) is 5.24 Å². The van der Waals surface area contributed by atoms with Crippen LogP contribution in [0.5, 0.6) is 0 Å². The Balaban J connectivity index is 1.60. The second-order valence-corrected chi connectivity index (χ2v) is 6.72. The number of carbonyl (C=O) groups is 2. The van der Waals surface area contributed by atoms with Crippen LogP contribution in [0.25, 0.3) is 0 Å². The number of hydrogen-bond acceptors (Lipinski definition) is 5. The van der Waals surface area contributed by atoms with Crippen LogP contribution in [0.1, 0.15) is 6.42 Å². The monoisotopic (exact) mass is 320 g/mol. The normalized spacial score (nSPS) is 24.4. The highest BCUT2D eigenvalue weighted by Crippen LogP contribution is 2.24. The maximum Gasteiger partial charge on any atom is 0.279 e. The summed E-state index contributed by atoms with van der Waals surface area (Å²) in [4.78, 5) is 27.7. The third kappa shape index (κ3) is 2.99. The summed E-state index contributed by atoms with van der Waals surface area (Å²) < 4.78 is 0. The van der Waals surface area contributed by atoms with Crippen LogP contribution in [0, 0.1) is 0 Å². The number of nitrogen functional groups attached to an aromatic ring is 1. The maximum absolute atomic E-state index is 12.4. The summed E-state index contributed by atoms with van der Waals surface area (Å²) in [5, 5.41) is 2.60. The Morgan fingerprint density at radius 1 is 1.41 bits per heavy atom. The molecule has 3 rings (SSSR count). The van der Waals surface area contributed by atoms with Crippen LogP contribution >= 0.6 is 11.8 Å². The number of hydrogen-bond donors (Lipinski definition) is 2. The van der Waals surface area contributed by atoms with E-state index in [9.17, 15) is 9.59 Å². The van der Waals surface area contributed by atoms with E-state index >= 15 is 0 Å². The Morgan fingerprint density at radius 2 is 2.14 bits per heavy atom. The van der Waals surface area contributed by atoms with Crippen molar-refractivity contribution in [3.63, 3.8) is 0 Å². The zero-order valence-corrected chi connectivity index (χ0v) is 13.3. The Labute approximate surface area is 134 Å². The zero-order chi connectivity index (χ0) is 15.7. The van der Waals surface area contributed by atoms with Gasteiger partial charge in [-0.15, -0.1) is 0 Å². The predicted molar refractivity (Wildman–Crippen MR) is 89.0 cm³/mol. The predicted octanol–water partition coefficient (Wildman–Crippen LogP) is 1.13. The fourth-order valence-electron chi connectivity index (χ4n) is 2.92. The summed E-state index contributed by atoms with van der Waals surface area (Å²) >= 11 is 1.17. The van der Waals surface area contributed by atoms with E-state index in [0.717, 1.165) is 30.9 Å². The van der Waals surface area contributed by atoms with Crippen LogP contribution < -0.4 is 16.0 Å². The molecule has 0 spiro atoms. The number of thioether (sulfide) groups is 1. The van der Waals surface area contributed by atoms with E-state index in [0.29, 0.717) is 5.75 Å². The highest BCUT2D eigenvalue weighted by molar-refractivity contribution is 8.14. The van der Waals surface area contributed by atoms with Crippen molar-refractivity contribution >= 4 is 34.3 Å². The van der Waals surface area contributed by atoms with Gasteiger partial charge in [-0.2, -0.15) is 0 Å². The molecule has 0 bridgehead atoms. The van der Waals surface area contributed by atoms with E-state index in [2.05, 4.69) is 10.2 Å². The maximum atomic E-state index is 12.4. The zero-order valence-electron chi connectivity index (χ0n) is 12.5. The van der Waals surface area contributed by atoms with E-state index in [1.54, 1.807) is 4.90 Å². The highest BCUT2D eigenvalue weighted by atomic mass is 32.2. The standard InChI is InChI=1S/C15H20N4O2S/c1-18(14(20)13-9-22-15(21)17-13)12-6-7-19(8-12)11-4-2-10(16)3-5-11/h2-5,12-13H,6-9,16H2,1H3,(H,17,21)/t12?,13-/m0/s1. The molecule has 1 aromatic carbocycles. The summed E-state index contributed by atoms with van der Waals surface area (Å²) in [6, 6.07) is 7.59. The van der Waals surface area contributed by atoms with Gasteiger partial charge in [-0.1, -0.05) is 11.8 Å². The summed E-state index contributed by atoms with van der Waals surface area (Å²) in [6.07, 6.45) is 0.931. The lowest BCUT2D eigenvalue weighted by atomic mass is 10.2. The summed E-state index contributed by atoms with van der Waals surface area (Å²) in [5.74, 6) is 0.527. The Hall–Kier alpha value is -1.89. The molecule has 0 radical (unpaired) electrons. The molecule has 0 aromatic heterocycles. The van der Waals surface area contributed by atoms with Crippen molar-refractivity contribution in [2.24, 2.45) is 0 Å². The minimum Gasteiger partial charge on any atom is -0.399 e. The van der Waals surface area contributed by atoms with Gasteiger partial charge in [0, 0.05) is 37.3 Å². The molecule has 1 aromatic rings. The first kappa shape index (κ1) is 15.0. The van der Waals surface area contributed by atoms with Crippen LogP contribution in [0.3, 0.4) is 0 Å². The number of likely N-dealkylation sites (N-methyl/N-ethyl adjacent to an activating group) is 1. The first-order chi connectivity index (χ1) is 10.5. The number of benzene rings is 1. The van der Waals surface area contributed by atoms with Crippen molar-refractivity contribution in [2.75, 3.05) is 36.5 Å². The fraction of sp³-hybridized carbons (Fsp3) is 0.467. The first-order valence-electron chi connectivity index (χ1n) is 7.35. The van der Waals surface area contributed by atoms with Gasteiger partial charge in [0.2, 0.25) is 5.91 Å². The summed E-state index contributed by atoms with van der Waals surface area (Å²) in [7, 11) is 1.83. The summed E-state index contributed by atoms with van der Waals surface area (Å²) in [5.41, 5.74) is 7.59. The quantitative estimate of drug-likeness (QED) is 0.816. The molecular formula is C15H20N4O2S. The topological polar surface area (TPSA) is 78.7 Å². The molecule has 22 heavy (non-hydrogen) atoms. The number of rotatable bonds is 3. The van der Waals surface area contributed by atoms with E-state index in [1.165, 1.54) is 11.8 Å². The SMILES string of the molecule is CN(C(=O)[C@@H]1CSC(=O)N1)C1CCN(c2ccc(N)cc2)C1. The van der Waals surface area contributed by atoms with Crippen molar-refractivity contribution in [1.29, 1.82) is 0 Å². The number of carbonyl (C=O) groups excluding carboxylic acids is 2. The Kier molecular flexibility index (Phi) is 4.15. The van der Waals surface area contributed by atoms with Crippen LogP contribution in [0.15, 0.2) is 24.3 Å². The van der Waals surface area contributed by atoms with E-state index in [-0.39, 0.29) is 23.2 Å². The van der Waals surface area contributed by atoms with Gasteiger partial charge in [-0.3, -0.25) is 9.59 Å². The third-order valence-corrected chi connectivity index (χ3v) is 5.17. The van der Waals surface area contributed by atoms with Crippen molar-refractivity contribution in [2.45, 2.75) is 18.5 Å². The molecule has 0 saturated carbocycles. The average molecular weight is 320 g/mol. The second kappa shape index (κ2) is 6.08. The van der Waals surface area contributed by atoms with Crippen LogP contribution in [-0.2, 0) is 4.79 Å². The molecule has 2 heterocycles. The van der Waals surface area contributed by atoms with Crippen molar-refractivity contribution in [1.82, 2.24) is 10.2 Å². The minimum absolute atomic E-state index is 0.00232. The average Bonchev–Trinajstić information content (AvgIpc) is 3.15. The largest absolute Gasteiger partial charge is 0.399 e. The molecule has 2 atom stereocenters. The molecule has 2 fully saturated rings. The number of anilines is 2. The fourth-order valence-corrected chi connectivity index (χ4v) is 3.69. The molecular weight excluding hydrogens is 300 g/mol. The smallest absolute Gasteiger partial charge is 0.279 e. The molecule has 1 unspecified atom stereocenters. The number of nitrogens with one attached hydrogen (secondary N) is 1. The first-order valence-corrected chi connectivity index (χ1v) is 8.33. The molecule has 2 aliphatic rings. The lowest BCUT2D eigenvalue weighted by Crippen LogP contribution is -2.48. The van der Waals surface area contributed by atoms with Gasteiger partial charge in [-0.05, 0) is 30.7 Å². The Bertz CT molecular complexity index is 577. The number of amides is 2. The molecule has 3 N–H and O–H groups in total. The molecule has 2 saturated heterocycles. The molecule has 7 heteroatoms. The molecule has 0 aliphatic carbocycles. The van der Waals surface area contributed by atoms with Crippen molar-refractivity contribution in [3.05, 3.63) is 24.3 Å². The highest BCUT2D eigenvalue weighted by Gasteiger charge is 2.35.